The van der Waals surface area contributed by atoms with Gasteiger partial charge in [0.2, 0.25) is 0 Å². The first kappa shape index (κ1) is 22.4. The number of amides is 2. The van der Waals surface area contributed by atoms with E-state index in [-0.39, 0.29) is 11.8 Å². The van der Waals surface area contributed by atoms with Crippen LogP contribution in [0, 0.1) is 5.92 Å². The van der Waals surface area contributed by atoms with Crippen molar-refractivity contribution in [3.05, 3.63) is 65.2 Å². The molecule has 170 valence electrons. The molecule has 2 amide bonds. The van der Waals surface area contributed by atoms with Crippen molar-refractivity contribution in [2.24, 2.45) is 5.92 Å². The number of nitrogens with one attached hydrogen (secondary N) is 1. The lowest BCUT2D eigenvalue weighted by Gasteiger charge is -2.44. The summed E-state index contributed by atoms with van der Waals surface area (Å²) in [4.78, 5) is 27.8. The fourth-order valence-electron chi connectivity index (χ4n) is 5.15. The monoisotopic (exact) mass is 434 g/mol. The molecule has 0 spiro atoms. The van der Waals surface area contributed by atoms with E-state index in [1.54, 1.807) is 24.3 Å². The highest BCUT2D eigenvalue weighted by Gasteiger charge is 2.35. The Balaban J connectivity index is 1.29. The Morgan fingerprint density at radius 2 is 1.62 bits per heavy atom. The summed E-state index contributed by atoms with van der Waals surface area (Å²) in [6, 6.07) is 15.5. The van der Waals surface area contributed by atoms with Crippen molar-refractivity contribution in [3.8, 4) is 5.75 Å². The number of piperidine rings is 1. The van der Waals surface area contributed by atoms with Crippen molar-refractivity contribution in [1.29, 1.82) is 0 Å². The fourth-order valence-corrected chi connectivity index (χ4v) is 5.15. The summed E-state index contributed by atoms with van der Waals surface area (Å²) >= 11 is 0. The third kappa shape index (κ3) is 5.32. The number of fused-ring (bicyclic) bond motifs is 1. The van der Waals surface area contributed by atoms with E-state index in [1.165, 1.54) is 25.7 Å². The number of likely N-dealkylation sites (tertiary alicyclic amines) is 1. The largest absolute Gasteiger partial charge is 0.494 e. The minimum Gasteiger partial charge on any atom is -0.494 e. The number of hydrogen-bond acceptors (Lipinski definition) is 3. The van der Waals surface area contributed by atoms with Gasteiger partial charge in [-0.15, -0.1) is 0 Å². The Labute approximate surface area is 191 Å². The van der Waals surface area contributed by atoms with E-state index < -0.39 is 0 Å². The second-order valence-corrected chi connectivity index (χ2v) is 8.91. The van der Waals surface area contributed by atoms with Crippen LogP contribution in [-0.2, 0) is 6.42 Å². The molecule has 4 rings (SSSR count). The average Bonchev–Trinajstić information content (AvgIpc) is 2.84. The van der Waals surface area contributed by atoms with Gasteiger partial charge >= 0.3 is 0 Å². The zero-order chi connectivity index (χ0) is 22.3. The third-order valence-corrected chi connectivity index (χ3v) is 6.83. The number of hydrogen-bond donors (Lipinski definition) is 1. The molecule has 1 aliphatic carbocycles. The lowest BCUT2D eigenvalue weighted by atomic mass is 9.78. The molecule has 0 aromatic heterocycles. The average molecular weight is 435 g/mol. The minimum atomic E-state index is -0.111. The van der Waals surface area contributed by atoms with Crippen LogP contribution in [0.25, 0.3) is 0 Å². The number of benzene rings is 2. The Kier molecular flexibility index (Phi) is 7.46. The number of carbonyl (C=O) groups excluding carboxylic acids is 2. The molecule has 0 radical (unpaired) electrons. The smallest absolute Gasteiger partial charge is 0.254 e. The van der Waals surface area contributed by atoms with Crippen LogP contribution in [0.4, 0.5) is 0 Å². The molecule has 5 nitrogen and oxygen atoms in total. The van der Waals surface area contributed by atoms with Crippen molar-refractivity contribution in [3.63, 3.8) is 0 Å². The Hall–Kier alpha value is -2.82. The van der Waals surface area contributed by atoms with Gasteiger partial charge in [-0.05, 0) is 86.9 Å². The van der Waals surface area contributed by atoms with Gasteiger partial charge in [-0.1, -0.05) is 25.0 Å². The van der Waals surface area contributed by atoms with Crippen molar-refractivity contribution in [2.45, 2.75) is 57.9 Å². The molecule has 1 aliphatic heterocycles. The van der Waals surface area contributed by atoms with Gasteiger partial charge in [0.1, 0.15) is 5.75 Å². The summed E-state index contributed by atoms with van der Waals surface area (Å²) in [5.41, 5.74) is 2.42. The van der Waals surface area contributed by atoms with Crippen molar-refractivity contribution in [1.82, 2.24) is 10.2 Å². The predicted octanol–water partition coefficient (Wildman–Crippen LogP) is 4.85. The van der Waals surface area contributed by atoms with Crippen molar-refractivity contribution >= 4 is 11.8 Å². The van der Waals surface area contributed by atoms with Crippen molar-refractivity contribution < 1.29 is 14.3 Å². The molecule has 1 saturated carbocycles. The van der Waals surface area contributed by atoms with Crippen LogP contribution in [-0.4, -0.2) is 42.5 Å². The Bertz CT molecular complexity index is 906. The van der Waals surface area contributed by atoms with Gasteiger partial charge in [-0.25, -0.2) is 0 Å². The van der Waals surface area contributed by atoms with Gasteiger partial charge in [0.05, 0.1) is 6.61 Å². The van der Waals surface area contributed by atoms with Crippen LogP contribution in [0.5, 0.6) is 5.75 Å². The first-order valence-corrected chi connectivity index (χ1v) is 12.1. The van der Waals surface area contributed by atoms with Gasteiger partial charge in [0.15, 0.2) is 0 Å². The van der Waals surface area contributed by atoms with Crippen LogP contribution in [0.15, 0.2) is 48.5 Å². The lowest BCUT2D eigenvalue weighted by Crippen LogP contribution is -2.49. The van der Waals surface area contributed by atoms with Gasteiger partial charge < -0.3 is 15.0 Å². The second kappa shape index (κ2) is 10.7. The maximum absolute atomic E-state index is 13.1. The molecule has 2 aromatic rings. The van der Waals surface area contributed by atoms with E-state index in [2.05, 4.69) is 10.2 Å². The highest BCUT2D eigenvalue weighted by atomic mass is 16.5. The molecule has 0 unspecified atom stereocenters. The van der Waals surface area contributed by atoms with E-state index in [1.807, 2.05) is 31.2 Å². The maximum atomic E-state index is 13.1. The summed E-state index contributed by atoms with van der Waals surface area (Å²) in [5.74, 6) is 1.53. The van der Waals surface area contributed by atoms with Crippen LogP contribution in [0.1, 0.15) is 71.7 Å². The standard InChI is InChI=1S/C27H34N2O3/c1-2-32-24-15-9-20(10-16-24)17-18-28-26(30)22-11-13-23(14-12-22)27(31)29-19-5-7-21-6-3-4-8-25(21)29/h9-16,21,25H,2-8,17-19H2,1H3,(H,28,30)/t21-,25-/m0/s1. The molecule has 32 heavy (non-hydrogen) atoms. The molecule has 2 fully saturated rings. The molecule has 5 heteroatoms. The number of rotatable bonds is 7. The zero-order valence-corrected chi connectivity index (χ0v) is 19.0. The molecule has 2 aliphatic rings. The number of nitrogens with zero attached hydrogens (tertiary/aromatic N) is 1. The summed E-state index contributed by atoms with van der Waals surface area (Å²) < 4.78 is 5.46. The van der Waals surface area contributed by atoms with Gasteiger partial charge in [-0.2, -0.15) is 0 Å². The van der Waals surface area contributed by atoms with Crippen LogP contribution in [0.3, 0.4) is 0 Å². The Morgan fingerprint density at radius 1 is 0.938 bits per heavy atom. The molecule has 1 heterocycles. The number of ether oxygens (including phenoxy) is 1. The first-order valence-electron chi connectivity index (χ1n) is 12.1. The van der Waals surface area contributed by atoms with E-state index >= 15 is 0 Å². The van der Waals surface area contributed by atoms with Crippen molar-refractivity contribution in [2.75, 3.05) is 19.7 Å². The topological polar surface area (TPSA) is 58.6 Å². The SMILES string of the molecule is CCOc1ccc(CCNC(=O)c2ccc(C(=O)N3CCC[C@@H]4CCCC[C@@H]43)cc2)cc1. The van der Waals surface area contributed by atoms with Crippen LogP contribution >= 0.6 is 0 Å². The maximum Gasteiger partial charge on any atom is 0.254 e. The van der Waals surface area contributed by atoms with Crippen LogP contribution < -0.4 is 10.1 Å². The second-order valence-electron chi connectivity index (χ2n) is 8.91. The Morgan fingerprint density at radius 3 is 2.38 bits per heavy atom. The van der Waals surface area contributed by atoms with Gasteiger partial charge in [-0.3, -0.25) is 9.59 Å². The minimum absolute atomic E-state index is 0.111. The highest BCUT2D eigenvalue weighted by Crippen LogP contribution is 2.35. The number of carbonyl (C=O) groups is 2. The molecular formula is C27H34N2O3. The van der Waals surface area contributed by atoms with E-state index in [0.29, 0.717) is 36.2 Å². The summed E-state index contributed by atoms with van der Waals surface area (Å²) in [7, 11) is 0. The molecule has 1 N–H and O–H groups in total. The van der Waals surface area contributed by atoms with Gasteiger partial charge in [0.25, 0.3) is 11.8 Å². The molecule has 2 atom stereocenters. The summed E-state index contributed by atoms with van der Waals surface area (Å²) in [5, 5.41) is 2.97. The van der Waals surface area contributed by atoms with Gasteiger partial charge in [0, 0.05) is 30.3 Å². The lowest BCUT2D eigenvalue weighted by molar-refractivity contribution is 0.0390. The summed E-state index contributed by atoms with van der Waals surface area (Å²) in [6.45, 7) is 4.03. The van der Waals surface area contributed by atoms with Crippen LogP contribution in [0.2, 0.25) is 0 Å². The van der Waals surface area contributed by atoms with E-state index in [0.717, 1.165) is 37.1 Å². The predicted molar refractivity (Wildman–Crippen MR) is 126 cm³/mol. The molecule has 2 aromatic carbocycles. The highest BCUT2D eigenvalue weighted by molar-refractivity contribution is 5.98. The normalized spacial score (nSPS) is 20.3. The quantitative estimate of drug-likeness (QED) is 0.678. The molecule has 0 bridgehead atoms. The fraction of sp³-hybridized carbons (Fsp3) is 0.481. The molecular weight excluding hydrogens is 400 g/mol. The van der Waals surface area contributed by atoms with E-state index in [9.17, 15) is 9.59 Å². The zero-order valence-electron chi connectivity index (χ0n) is 19.0. The summed E-state index contributed by atoms with van der Waals surface area (Å²) in [6.07, 6.45) is 8.01. The van der Waals surface area contributed by atoms with E-state index in [4.69, 9.17) is 4.74 Å². The third-order valence-electron chi connectivity index (χ3n) is 6.83. The molecule has 1 saturated heterocycles. The first-order chi connectivity index (χ1) is 15.7.